The van der Waals surface area contributed by atoms with Crippen LogP contribution >= 0.6 is 0 Å². The number of carbonyl (C=O) groups is 2. The van der Waals surface area contributed by atoms with Crippen molar-refractivity contribution in [2.24, 2.45) is 5.92 Å². The van der Waals surface area contributed by atoms with Gasteiger partial charge in [0.2, 0.25) is 0 Å². The summed E-state index contributed by atoms with van der Waals surface area (Å²) in [4.78, 5) is 24.8. The first-order chi connectivity index (χ1) is 10.9. The summed E-state index contributed by atoms with van der Waals surface area (Å²) in [6.07, 6.45) is 11.3. The van der Waals surface area contributed by atoms with Gasteiger partial charge in [-0.25, -0.2) is 0 Å². The second kappa shape index (κ2) is 10.5. The first-order valence-electron chi connectivity index (χ1n) is 9.14. The van der Waals surface area contributed by atoms with E-state index >= 15 is 0 Å². The fourth-order valence-corrected chi connectivity index (χ4v) is 2.99. The molecule has 1 aliphatic rings. The number of aliphatic hydroxyl groups excluding tert-OH is 1. The Morgan fingerprint density at radius 3 is 2.00 bits per heavy atom. The maximum absolute atomic E-state index is 11.7. The van der Waals surface area contributed by atoms with E-state index in [-0.39, 0.29) is 29.6 Å². The van der Waals surface area contributed by atoms with E-state index in [2.05, 4.69) is 13.8 Å². The highest BCUT2D eigenvalue weighted by molar-refractivity contribution is 6.25. The minimum Gasteiger partial charge on any atom is -0.511 e. The van der Waals surface area contributed by atoms with Crippen molar-refractivity contribution in [3.63, 3.8) is 0 Å². The molecule has 1 rings (SSSR count). The van der Waals surface area contributed by atoms with Crippen LogP contribution in [0.4, 0.5) is 0 Å². The highest BCUT2D eigenvalue weighted by Gasteiger charge is 2.33. The van der Waals surface area contributed by atoms with Crippen LogP contribution in [0.1, 0.15) is 78.1 Å². The average molecular weight is 323 g/mol. The Bertz CT molecular complexity index is 426. The number of ketones is 1. The predicted molar refractivity (Wildman–Crippen MR) is 93.3 cm³/mol. The molecule has 1 amide bonds. The van der Waals surface area contributed by atoms with Crippen LogP contribution in [0.25, 0.3) is 0 Å². The van der Waals surface area contributed by atoms with E-state index in [9.17, 15) is 14.7 Å². The summed E-state index contributed by atoms with van der Waals surface area (Å²) in [6, 6.07) is 0. The maximum atomic E-state index is 11.7. The van der Waals surface area contributed by atoms with Crippen LogP contribution in [0, 0.1) is 5.92 Å². The van der Waals surface area contributed by atoms with Gasteiger partial charge in [-0.3, -0.25) is 9.59 Å². The smallest absolute Gasteiger partial charge is 0.261 e. The van der Waals surface area contributed by atoms with E-state index in [0.29, 0.717) is 6.42 Å². The molecule has 0 atom stereocenters. The van der Waals surface area contributed by atoms with Gasteiger partial charge in [-0.15, -0.1) is 0 Å². The van der Waals surface area contributed by atoms with Gasteiger partial charge in [-0.05, 0) is 12.3 Å². The molecule has 132 valence electrons. The third-order valence-corrected chi connectivity index (χ3v) is 4.45. The van der Waals surface area contributed by atoms with Gasteiger partial charge in [0.1, 0.15) is 11.3 Å². The van der Waals surface area contributed by atoms with Crippen LogP contribution in [-0.4, -0.2) is 35.3 Å². The molecule has 1 heterocycles. The lowest BCUT2D eigenvalue weighted by Gasteiger charge is -2.06. The van der Waals surface area contributed by atoms with Crippen molar-refractivity contribution in [3.8, 4) is 0 Å². The van der Waals surface area contributed by atoms with Crippen molar-refractivity contribution < 1.29 is 14.7 Å². The van der Waals surface area contributed by atoms with E-state index in [0.717, 1.165) is 25.2 Å². The second-order valence-electron chi connectivity index (χ2n) is 7.17. The zero-order chi connectivity index (χ0) is 17.2. The molecule has 0 spiro atoms. The Balaban J connectivity index is 2.07. The van der Waals surface area contributed by atoms with Crippen molar-refractivity contribution in [3.05, 3.63) is 11.3 Å². The minimum absolute atomic E-state index is 0.0117. The van der Waals surface area contributed by atoms with Gasteiger partial charge in [0.05, 0.1) is 6.54 Å². The van der Waals surface area contributed by atoms with Crippen molar-refractivity contribution in [2.45, 2.75) is 78.1 Å². The number of aliphatic hydroxyl groups is 1. The molecule has 23 heavy (non-hydrogen) atoms. The number of allylic oxidation sites excluding steroid dienone is 1. The number of likely N-dealkylation sites (N-methyl/N-ethyl adjacent to an activating group) is 1. The lowest BCUT2D eigenvalue weighted by atomic mass is 10.0. The van der Waals surface area contributed by atoms with Gasteiger partial charge < -0.3 is 10.0 Å². The number of rotatable bonds is 11. The van der Waals surface area contributed by atoms with Crippen LogP contribution in [-0.2, 0) is 9.59 Å². The normalized spacial score (nSPS) is 17.5. The predicted octanol–water partition coefficient (Wildman–Crippen LogP) is 4.40. The van der Waals surface area contributed by atoms with Gasteiger partial charge in [0.15, 0.2) is 5.78 Å². The van der Waals surface area contributed by atoms with Gasteiger partial charge in [-0.1, -0.05) is 65.2 Å². The lowest BCUT2D eigenvalue weighted by molar-refractivity contribution is -0.123. The van der Waals surface area contributed by atoms with Gasteiger partial charge in [-0.2, -0.15) is 0 Å². The summed E-state index contributed by atoms with van der Waals surface area (Å²) in [5, 5.41) is 9.96. The Labute approximate surface area is 140 Å². The fourth-order valence-electron chi connectivity index (χ4n) is 2.99. The molecule has 0 bridgehead atoms. The van der Waals surface area contributed by atoms with E-state index in [4.69, 9.17) is 0 Å². The molecule has 0 saturated carbocycles. The van der Waals surface area contributed by atoms with Crippen LogP contribution < -0.4 is 0 Å². The first-order valence-corrected chi connectivity index (χ1v) is 9.14. The first kappa shape index (κ1) is 19.7. The Kier molecular flexibility index (Phi) is 8.97. The third-order valence-electron chi connectivity index (χ3n) is 4.45. The zero-order valence-electron chi connectivity index (χ0n) is 15.1. The van der Waals surface area contributed by atoms with Crippen molar-refractivity contribution in [2.75, 3.05) is 13.6 Å². The molecule has 1 N–H and O–H groups in total. The molecule has 4 nitrogen and oxygen atoms in total. The van der Waals surface area contributed by atoms with E-state index < -0.39 is 0 Å². The molecule has 0 radical (unpaired) electrons. The summed E-state index contributed by atoms with van der Waals surface area (Å²) < 4.78 is 0. The molecule has 0 aromatic rings. The van der Waals surface area contributed by atoms with E-state index in [1.807, 2.05) is 0 Å². The molecule has 1 fully saturated rings. The Morgan fingerprint density at radius 1 is 1.00 bits per heavy atom. The number of nitrogens with zero attached hydrogens (tertiary/aromatic N) is 1. The fraction of sp³-hybridized carbons (Fsp3) is 0.789. The molecule has 0 unspecified atom stereocenters. The molecular formula is C19H33NO3. The standard InChI is InChI=1S/C19H33NO3/c1-15(2)12-10-8-6-4-5-7-9-11-13-16(21)18-17(22)14-20(3)19(18)23/h15,21H,4-14H2,1-3H3. The largest absolute Gasteiger partial charge is 0.511 e. The van der Waals surface area contributed by atoms with E-state index in [1.165, 1.54) is 43.4 Å². The molecule has 1 aliphatic heterocycles. The number of Topliss-reactive ketones (excluding diaryl/α,β-unsaturated/α-hetero) is 1. The van der Waals surface area contributed by atoms with Crippen LogP contribution in [0.2, 0.25) is 0 Å². The monoisotopic (exact) mass is 323 g/mol. The Morgan fingerprint density at radius 2 is 1.52 bits per heavy atom. The SMILES string of the molecule is CC(C)CCCCCCCCCCC(O)=C1C(=O)CN(C)C1=O. The van der Waals surface area contributed by atoms with Crippen molar-refractivity contribution >= 4 is 11.7 Å². The molecule has 4 heteroatoms. The number of carbonyl (C=O) groups excluding carboxylic acids is 2. The van der Waals surface area contributed by atoms with Crippen LogP contribution in [0.3, 0.4) is 0 Å². The number of hydrogen-bond acceptors (Lipinski definition) is 3. The average Bonchev–Trinajstić information content (AvgIpc) is 2.73. The molecule has 0 aromatic carbocycles. The van der Waals surface area contributed by atoms with Crippen LogP contribution in [0.15, 0.2) is 11.3 Å². The van der Waals surface area contributed by atoms with E-state index in [1.54, 1.807) is 7.05 Å². The Hall–Kier alpha value is -1.32. The number of unbranched alkanes of at least 4 members (excludes halogenated alkanes) is 7. The number of amides is 1. The van der Waals surface area contributed by atoms with Crippen molar-refractivity contribution in [1.82, 2.24) is 4.90 Å². The van der Waals surface area contributed by atoms with Crippen molar-refractivity contribution in [1.29, 1.82) is 0 Å². The molecular weight excluding hydrogens is 290 g/mol. The maximum Gasteiger partial charge on any atom is 0.261 e. The second-order valence-corrected chi connectivity index (χ2v) is 7.17. The van der Waals surface area contributed by atoms with Gasteiger partial charge in [0.25, 0.3) is 5.91 Å². The summed E-state index contributed by atoms with van der Waals surface area (Å²) in [7, 11) is 1.59. The minimum atomic E-state index is -0.339. The summed E-state index contributed by atoms with van der Waals surface area (Å²) in [5.74, 6) is 0.207. The highest BCUT2D eigenvalue weighted by Crippen LogP contribution is 2.20. The molecule has 0 aromatic heterocycles. The lowest BCUT2D eigenvalue weighted by Crippen LogP contribution is -2.19. The van der Waals surface area contributed by atoms with Gasteiger partial charge >= 0.3 is 0 Å². The zero-order valence-corrected chi connectivity index (χ0v) is 15.1. The quantitative estimate of drug-likeness (QED) is 0.265. The van der Waals surface area contributed by atoms with Crippen LogP contribution in [0.5, 0.6) is 0 Å². The number of hydrogen-bond donors (Lipinski definition) is 1. The summed E-state index contributed by atoms with van der Waals surface area (Å²) in [5.41, 5.74) is 0.0117. The van der Waals surface area contributed by atoms with Gasteiger partial charge in [0, 0.05) is 13.5 Å². The highest BCUT2D eigenvalue weighted by atomic mass is 16.3. The molecule has 0 aliphatic carbocycles. The summed E-state index contributed by atoms with van der Waals surface area (Å²) in [6.45, 7) is 4.64. The third kappa shape index (κ3) is 7.19. The summed E-state index contributed by atoms with van der Waals surface area (Å²) >= 11 is 0. The molecule has 1 saturated heterocycles. The number of likely N-dealkylation sites (tertiary alicyclic amines) is 1. The topological polar surface area (TPSA) is 57.6 Å².